The highest BCUT2D eigenvalue weighted by atomic mass is 16.7. The molecule has 0 aliphatic carbocycles. The van der Waals surface area contributed by atoms with E-state index in [-0.39, 0.29) is 6.61 Å². The van der Waals surface area contributed by atoms with Crippen molar-refractivity contribution in [1.82, 2.24) is 0 Å². The molecule has 1 saturated heterocycles. The van der Waals surface area contributed by atoms with Crippen molar-refractivity contribution in [2.45, 2.75) is 43.9 Å². The molecule has 0 amide bonds. The predicted octanol–water partition coefficient (Wildman–Crippen LogP) is 3.09. The van der Waals surface area contributed by atoms with Crippen molar-refractivity contribution in [3.8, 4) is 0 Å². The molecule has 2 aromatic carbocycles. The summed E-state index contributed by atoms with van der Waals surface area (Å²) >= 11 is 0. The Morgan fingerprint density at radius 1 is 0.867 bits per heavy atom. The van der Waals surface area contributed by atoms with E-state index in [1.807, 2.05) is 60.7 Å². The molecule has 0 bridgehead atoms. The minimum Gasteiger partial charge on any atom is -0.394 e. The molecule has 2 aromatic rings. The van der Waals surface area contributed by atoms with Crippen LogP contribution in [0.3, 0.4) is 0 Å². The molecule has 1 N–H and O–H groups in total. The summed E-state index contributed by atoms with van der Waals surface area (Å²) in [6, 6.07) is 19.8. The van der Waals surface area contributed by atoms with Crippen LogP contribution in [0.15, 0.2) is 73.3 Å². The van der Waals surface area contributed by atoms with Crippen LogP contribution in [0.5, 0.6) is 0 Å². The average Bonchev–Trinajstić information content (AvgIpc) is 2.81. The summed E-state index contributed by atoms with van der Waals surface area (Å²) in [5.74, 6) is 0. The minimum atomic E-state index is -0.699. The number of ether oxygens (including phenoxy) is 5. The normalized spacial score (nSPS) is 26.4. The first-order chi connectivity index (χ1) is 14.8. The summed E-state index contributed by atoms with van der Waals surface area (Å²) in [6.45, 7) is 4.54. The van der Waals surface area contributed by atoms with Gasteiger partial charge in [0.2, 0.25) is 0 Å². The van der Waals surface area contributed by atoms with E-state index in [9.17, 15) is 5.11 Å². The summed E-state index contributed by atoms with van der Waals surface area (Å²) in [6.07, 6.45) is -1.24. The zero-order chi connectivity index (χ0) is 21.2. The molecule has 1 heterocycles. The summed E-state index contributed by atoms with van der Waals surface area (Å²) in [7, 11) is 1.55. The molecule has 0 radical (unpaired) electrons. The van der Waals surface area contributed by atoms with Gasteiger partial charge in [0.05, 0.1) is 26.4 Å². The molecule has 1 fully saturated rings. The van der Waals surface area contributed by atoms with E-state index in [0.29, 0.717) is 19.8 Å². The predicted molar refractivity (Wildman–Crippen MR) is 113 cm³/mol. The Morgan fingerprint density at radius 2 is 1.43 bits per heavy atom. The summed E-state index contributed by atoms with van der Waals surface area (Å²) in [4.78, 5) is 0. The van der Waals surface area contributed by atoms with Gasteiger partial charge in [-0.05, 0) is 11.1 Å². The molecule has 3 rings (SSSR count). The van der Waals surface area contributed by atoms with Crippen LogP contribution < -0.4 is 0 Å². The Bertz CT molecular complexity index is 738. The number of aliphatic hydroxyl groups excluding tert-OH is 1. The average molecular weight is 414 g/mol. The Balaban J connectivity index is 1.81. The van der Waals surface area contributed by atoms with Crippen LogP contribution in [0.2, 0.25) is 0 Å². The Labute approximate surface area is 178 Å². The maximum Gasteiger partial charge on any atom is 0.186 e. The largest absolute Gasteiger partial charge is 0.394 e. The van der Waals surface area contributed by atoms with Gasteiger partial charge in [-0.15, -0.1) is 6.58 Å². The van der Waals surface area contributed by atoms with Gasteiger partial charge in [0.15, 0.2) is 6.29 Å². The molecular weight excluding hydrogens is 384 g/mol. The molecule has 162 valence electrons. The lowest BCUT2D eigenvalue weighted by molar-refractivity contribution is -0.319. The topological polar surface area (TPSA) is 66.4 Å². The number of benzene rings is 2. The van der Waals surface area contributed by atoms with E-state index >= 15 is 0 Å². The highest BCUT2D eigenvalue weighted by Crippen LogP contribution is 2.30. The fraction of sp³-hybridized carbons (Fsp3) is 0.417. The van der Waals surface area contributed by atoms with Crippen molar-refractivity contribution in [2.24, 2.45) is 0 Å². The highest BCUT2D eigenvalue weighted by molar-refractivity contribution is 5.14. The fourth-order valence-corrected chi connectivity index (χ4v) is 3.49. The van der Waals surface area contributed by atoms with Gasteiger partial charge in [0.25, 0.3) is 0 Å². The van der Waals surface area contributed by atoms with E-state index in [4.69, 9.17) is 23.7 Å². The van der Waals surface area contributed by atoms with Gasteiger partial charge in [-0.3, -0.25) is 0 Å². The van der Waals surface area contributed by atoms with E-state index in [2.05, 4.69) is 6.58 Å². The molecule has 0 spiro atoms. The number of hydrogen-bond acceptors (Lipinski definition) is 6. The van der Waals surface area contributed by atoms with Crippen LogP contribution >= 0.6 is 0 Å². The van der Waals surface area contributed by atoms with Crippen molar-refractivity contribution in [2.75, 3.05) is 20.3 Å². The number of methoxy groups -OCH3 is 1. The molecule has 1 aliphatic rings. The van der Waals surface area contributed by atoms with Crippen LogP contribution in [-0.2, 0) is 36.9 Å². The van der Waals surface area contributed by atoms with E-state index in [1.165, 1.54) is 0 Å². The molecular formula is C24H30O6. The van der Waals surface area contributed by atoms with Gasteiger partial charge in [-0.2, -0.15) is 0 Å². The molecule has 1 aliphatic heterocycles. The second-order valence-electron chi connectivity index (χ2n) is 7.07. The van der Waals surface area contributed by atoms with Gasteiger partial charge in [-0.25, -0.2) is 0 Å². The zero-order valence-electron chi connectivity index (χ0n) is 17.3. The lowest BCUT2D eigenvalue weighted by atomic mass is 9.98. The van der Waals surface area contributed by atoms with Crippen molar-refractivity contribution in [1.29, 1.82) is 0 Å². The van der Waals surface area contributed by atoms with Gasteiger partial charge >= 0.3 is 0 Å². The van der Waals surface area contributed by atoms with Crippen LogP contribution in [-0.4, -0.2) is 56.1 Å². The number of aliphatic hydroxyl groups is 1. The number of hydrogen-bond donors (Lipinski definition) is 1. The van der Waals surface area contributed by atoms with E-state index < -0.39 is 30.7 Å². The standard InChI is InChI=1S/C24H30O6/c1-3-14-27-21-20(15-25)30-24(26-2)23(29-17-19-12-8-5-9-13-19)22(21)28-16-18-10-6-4-7-11-18/h3-13,20-25H,1,14-17H2,2H3/t20-,21-,22+,23-,24+/m1/s1. The van der Waals surface area contributed by atoms with Crippen molar-refractivity contribution in [3.05, 3.63) is 84.4 Å². The third-order valence-electron chi connectivity index (χ3n) is 4.98. The first kappa shape index (κ1) is 22.6. The van der Waals surface area contributed by atoms with Crippen LogP contribution in [0, 0.1) is 0 Å². The van der Waals surface area contributed by atoms with E-state index in [1.54, 1.807) is 13.2 Å². The lowest BCUT2D eigenvalue weighted by Crippen LogP contribution is -2.61. The van der Waals surface area contributed by atoms with Gasteiger partial charge in [-0.1, -0.05) is 66.7 Å². The Morgan fingerprint density at radius 3 is 1.93 bits per heavy atom. The summed E-state index contributed by atoms with van der Waals surface area (Å²) < 4.78 is 29.9. The summed E-state index contributed by atoms with van der Waals surface area (Å²) in [5, 5.41) is 9.89. The van der Waals surface area contributed by atoms with Crippen LogP contribution in [0.4, 0.5) is 0 Å². The number of rotatable bonds is 11. The molecule has 6 heteroatoms. The first-order valence-corrected chi connectivity index (χ1v) is 10.1. The second-order valence-corrected chi connectivity index (χ2v) is 7.07. The van der Waals surface area contributed by atoms with Crippen molar-refractivity contribution >= 4 is 0 Å². The smallest absolute Gasteiger partial charge is 0.186 e. The maximum absolute atomic E-state index is 9.89. The minimum absolute atomic E-state index is 0.224. The Kier molecular flexibility index (Phi) is 9.01. The third kappa shape index (κ3) is 5.98. The van der Waals surface area contributed by atoms with Gasteiger partial charge in [0, 0.05) is 7.11 Å². The van der Waals surface area contributed by atoms with Crippen LogP contribution in [0.25, 0.3) is 0 Å². The monoisotopic (exact) mass is 414 g/mol. The Hall–Kier alpha value is -2.06. The fourth-order valence-electron chi connectivity index (χ4n) is 3.49. The third-order valence-corrected chi connectivity index (χ3v) is 4.98. The molecule has 5 atom stereocenters. The molecule has 0 aromatic heterocycles. The van der Waals surface area contributed by atoms with Crippen molar-refractivity contribution < 1.29 is 28.8 Å². The first-order valence-electron chi connectivity index (χ1n) is 10.1. The SMILES string of the molecule is C=CCO[C@H]1[C@H](OCc2ccccc2)[C@@H](OCc2ccccc2)[C@@H](OC)O[C@@H]1CO. The van der Waals surface area contributed by atoms with E-state index in [0.717, 1.165) is 11.1 Å². The second kappa shape index (κ2) is 12.0. The van der Waals surface area contributed by atoms with Gasteiger partial charge < -0.3 is 28.8 Å². The molecule has 0 unspecified atom stereocenters. The highest BCUT2D eigenvalue weighted by Gasteiger charge is 2.48. The van der Waals surface area contributed by atoms with Crippen LogP contribution in [0.1, 0.15) is 11.1 Å². The molecule has 30 heavy (non-hydrogen) atoms. The lowest BCUT2D eigenvalue weighted by Gasteiger charge is -2.45. The maximum atomic E-state index is 9.89. The van der Waals surface area contributed by atoms with Gasteiger partial charge in [0.1, 0.15) is 24.4 Å². The quantitative estimate of drug-likeness (QED) is 0.570. The summed E-state index contributed by atoms with van der Waals surface area (Å²) in [5.41, 5.74) is 2.06. The zero-order valence-corrected chi connectivity index (χ0v) is 17.3. The molecule has 0 saturated carbocycles. The molecule has 6 nitrogen and oxygen atoms in total. The van der Waals surface area contributed by atoms with Crippen molar-refractivity contribution in [3.63, 3.8) is 0 Å².